The summed E-state index contributed by atoms with van der Waals surface area (Å²) in [4.78, 5) is 9.94. The second-order valence-electron chi connectivity index (χ2n) is 3.42. The lowest BCUT2D eigenvalue weighted by Crippen LogP contribution is -2.15. The maximum atomic E-state index is 10.2. The zero-order valence-corrected chi connectivity index (χ0v) is 7.54. The number of nitro groups is 1. The average molecular weight is 159 g/mol. The average Bonchev–Trinajstić information content (AvgIpc) is 1.84. The Morgan fingerprint density at radius 1 is 1.45 bits per heavy atom. The monoisotopic (exact) mass is 159 g/mol. The number of rotatable bonds is 5. The van der Waals surface area contributed by atoms with Gasteiger partial charge in [0.15, 0.2) is 0 Å². The van der Waals surface area contributed by atoms with Gasteiger partial charge in [-0.3, -0.25) is 10.1 Å². The summed E-state index contributed by atoms with van der Waals surface area (Å²) in [6, 6.07) is 0. The van der Waals surface area contributed by atoms with E-state index in [9.17, 15) is 10.1 Å². The maximum Gasteiger partial charge on any atom is 0.206 e. The molecule has 1 unspecified atom stereocenters. The molecule has 0 aromatic carbocycles. The lowest BCUT2D eigenvalue weighted by atomic mass is 9.95. The largest absolute Gasteiger partial charge is 0.265 e. The topological polar surface area (TPSA) is 43.1 Å². The van der Waals surface area contributed by atoms with Gasteiger partial charge in [0.25, 0.3) is 0 Å². The van der Waals surface area contributed by atoms with E-state index < -0.39 is 0 Å². The predicted octanol–water partition coefficient (Wildman–Crippen LogP) is 2.34. The minimum absolute atomic E-state index is 0.134. The van der Waals surface area contributed by atoms with Crippen molar-refractivity contribution in [3.05, 3.63) is 10.1 Å². The van der Waals surface area contributed by atoms with E-state index in [1.54, 1.807) is 0 Å². The molecular weight excluding hydrogens is 142 g/mol. The van der Waals surface area contributed by atoms with Gasteiger partial charge in [-0.05, 0) is 18.8 Å². The van der Waals surface area contributed by atoms with Gasteiger partial charge in [0.1, 0.15) is 0 Å². The summed E-state index contributed by atoms with van der Waals surface area (Å²) >= 11 is 0. The molecule has 0 radical (unpaired) electrons. The Morgan fingerprint density at radius 3 is 2.27 bits per heavy atom. The highest BCUT2D eigenvalue weighted by atomic mass is 16.6. The van der Waals surface area contributed by atoms with Crippen LogP contribution in [0.4, 0.5) is 0 Å². The van der Waals surface area contributed by atoms with Gasteiger partial charge < -0.3 is 0 Å². The lowest BCUT2D eigenvalue weighted by Gasteiger charge is -2.11. The Bertz CT molecular complexity index is 123. The van der Waals surface area contributed by atoms with Crippen molar-refractivity contribution < 1.29 is 4.92 Å². The molecular formula is C8H17NO2. The van der Waals surface area contributed by atoms with Crippen molar-refractivity contribution in [3.8, 4) is 0 Å². The molecule has 3 heteroatoms. The second-order valence-corrected chi connectivity index (χ2v) is 3.42. The summed E-state index contributed by atoms with van der Waals surface area (Å²) in [5, 5.41) is 10.2. The maximum absolute atomic E-state index is 10.2. The molecule has 0 aliphatic heterocycles. The molecule has 0 aliphatic carbocycles. The van der Waals surface area contributed by atoms with Crippen molar-refractivity contribution in [3.63, 3.8) is 0 Å². The van der Waals surface area contributed by atoms with Gasteiger partial charge in [0.05, 0.1) is 0 Å². The SMILES string of the molecule is CCC(CC(C)C)C[N+](=O)[O-]. The number of nitrogens with zero attached hydrogens (tertiary/aromatic N) is 1. The highest BCUT2D eigenvalue weighted by Gasteiger charge is 2.14. The molecule has 1 atom stereocenters. The van der Waals surface area contributed by atoms with Crippen molar-refractivity contribution in [1.82, 2.24) is 0 Å². The molecule has 0 N–H and O–H groups in total. The third-order valence-electron chi connectivity index (χ3n) is 1.79. The molecule has 66 valence electrons. The lowest BCUT2D eigenvalue weighted by molar-refractivity contribution is -0.488. The summed E-state index contributed by atoms with van der Waals surface area (Å²) in [5.41, 5.74) is 0. The van der Waals surface area contributed by atoms with E-state index in [-0.39, 0.29) is 17.4 Å². The van der Waals surface area contributed by atoms with Crippen LogP contribution in [0, 0.1) is 22.0 Å². The van der Waals surface area contributed by atoms with Crippen LogP contribution in [0.15, 0.2) is 0 Å². The molecule has 0 saturated carbocycles. The van der Waals surface area contributed by atoms with Gasteiger partial charge in [-0.25, -0.2) is 0 Å². The number of hydrogen-bond donors (Lipinski definition) is 0. The minimum atomic E-state index is -0.212. The predicted molar refractivity (Wildman–Crippen MR) is 45.1 cm³/mol. The van der Waals surface area contributed by atoms with Crippen molar-refractivity contribution in [1.29, 1.82) is 0 Å². The molecule has 0 aromatic heterocycles. The van der Waals surface area contributed by atoms with Crippen molar-refractivity contribution in [2.75, 3.05) is 6.54 Å². The number of hydrogen-bond acceptors (Lipinski definition) is 2. The van der Waals surface area contributed by atoms with Crippen molar-refractivity contribution in [2.24, 2.45) is 11.8 Å². The molecule has 0 bridgehead atoms. The molecule has 0 spiro atoms. The first-order valence-corrected chi connectivity index (χ1v) is 4.18. The Balaban J connectivity index is 3.66. The first kappa shape index (κ1) is 10.4. The minimum Gasteiger partial charge on any atom is -0.265 e. The van der Waals surface area contributed by atoms with Crippen LogP contribution in [0.25, 0.3) is 0 Å². The van der Waals surface area contributed by atoms with E-state index >= 15 is 0 Å². The van der Waals surface area contributed by atoms with Crippen molar-refractivity contribution >= 4 is 0 Å². The van der Waals surface area contributed by atoms with E-state index in [2.05, 4.69) is 13.8 Å². The van der Waals surface area contributed by atoms with Crippen LogP contribution in [0.1, 0.15) is 33.6 Å². The van der Waals surface area contributed by atoms with Crippen LogP contribution in [0.2, 0.25) is 0 Å². The molecule has 11 heavy (non-hydrogen) atoms. The summed E-state index contributed by atoms with van der Waals surface area (Å²) < 4.78 is 0. The van der Waals surface area contributed by atoms with E-state index in [1.165, 1.54) is 0 Å². The zero-order valence-electron chi connectivity index (χ0n) is 7.54. The van der Waals surface area contributed by atoms with Gasteiger partial charge in [0, 0.05) is 10.8 Å². The first-order chi connectivity index (χ1) is 5.06. The fourth-order valence-electron chi connectivity index (χ4n) is 1.25. The van der Waals surface area contributed by atoms with Gasteiger partial charge in [-0.2, -0.15) is 0 Å². The van der Waals surface area contributed by atoms with Gasteiger partial charge >= 0.3 is 0 Å². The highest BCUT2D eigenvalue weighted by Crippen LogP contribution is 2.14. The molecule has 0 rings (SSSR count). The molecule has 0 amide bonds. The Morgan fingerprint density at radius 2 is 2.00 bits per heavy atom. The Kier molecular flexibility index (Phi) is 4.83. The summed E-state index contributed by atoms with van der Waals surface area (Å²) in [7, 11) is 0. The fourth-order valence-corrected chi connectivity index (χ4v) is 1.25. The van der Waals surface area contributed by atoms with Crippen LogP contribution in [-0.4, -0.2) is 11.5 Å². The Labute approximate surface area is 67.9 Å². The van der Waals surface area contributed by atoms with E-state index in [1.807, 2.05) is 6.92 Å². The molecule has 0 aromatic rings. The summed E-state index contributed by atoms with van der Waals surface area (Å²) in [5.74, 6) is 0.838. The van der Waals surface area contributed by atoms with Crippen LogP contribution in [0.3, 0.4) is 0 Å². The fraction of sp³-hybridized carbons (Fsp3) is 1.00. The van der Waals surface area contributed by atoms with Crippen LogP contribution >= 0.6 is 0 Å². The summed E-state index contributed by atoms with van der Waals surface area (Å²) in [6.45, 7) is 6.34. The van der Waals surface area contributed by atoms with Crippen molar-refractivity contribution in [2.45, 2.75) is 33.6 Å². The summed E-state index contributed by atoms with van der Waals surface area (Å²) in [6.07, 6.45) is 1.89. The quantitative estimate of drug-likeness (QED) is 0.456. The van der Waals surface area contributed by atoms with E-state index in [0.29, 0.717) is 5.92 Å². The van der Waals surface area contributed by atoms with Gasteiger partial charge in [-0.1, -0.05) is 20.8 Å². The zero-order chi connectivity index (χ0) is 8.85. The van der Waals surface area contributed by atoms with E-state index in [0.717, 1.165) is 12.8 Å². The van der Waals surface area contributed by atoms with Crippen LogP contribution in [-0.2, 0) is 0 Å². The van der Waals surface area contributed by atoms with E-state index in [4.69, 9.17) is 0 Å². The molecule has 0 saturated heterocycles. The standard InChI is InChI=1S/C8H17NO2/c1-4-8(5-7(2)3)6-9(10)11/h7-8H,4-6H2,1-3H3. The van der Waals surface area contributed by atoms with Gasteiger partial charge in [0.2, 0.25) is 6.54 Å². The first-order valence-electron chi connectivity index (χ1n) is 4.18. The normalized spacial score (nSPS) is 13.5. The molecule has 3 nitrogen and oxygen atoms in total. The van der Waals surface area contributed by atoms with Gasteiger partial charge in [-0.15, -0.1) is 0 Å². The third kappa shape index (κ3) is 5.83. The Hall–Kier alpha value is -0.600. The van der Waals surface area contributed by atoms with Crippen LogP contribution < -0.4 is 0 Å². The highest BCUT2D eigenvalue weighted by molar-refractivity contribution is 4.57. The second kappa shape index (κ2) is 5.10. The smallest absolute Gasteiger partial charge is 0.206 e. The molecule has 0 heterocycles. The molecule has 0 fully saturated rings. The van der Waals surface area contributed by atoms with Crippen LogP contribution in [0.5, 0.6) is 0 Å². The molecule has 0 aliphatic rings. The third-order valence-corrected chi connectivity index (χ3v) is 1.79.